The summed E-state index contributed by atoms with van der Waals surface area (Å²) in [6, 6.07) is 13.3. The van der Waals surface area contributed by atoms with E-state index in [0.29, 0.717) is 24.5 Å². The van der Waals surface area contributed by atoms with Crippen LogP contribution in [0.15, 0.2) is 47.6 Å². The predicted molar refractivity (Wildman–Crippen MR) is 127 cm³/mol. The summed E-state index contributed by atoms with van der Waals surface area (Å²) in [7, 11) is 7.01. The van der Waals surface area contributed by atoms with Crippen LogP contribution < -0.4 is 14.2 Å². The Labute approximate surface area is 195 Å². The van der Waals surface area contributed by atoms with E-state index in [-0.39, 0.29) is 11.9 Å². The SMILES string of the molecule is COc1ccc(C2CC(c3ccc(OC)cc3OC)=NN2C(=O)CN2CCN(C)CC2)cc1. The molecule has 176 valence electrons. The third kappa shape index (κ3) is 5.12. The Kier molecular flexibility index (Phi) is 7.15. The van der Waals surface area contributed by atoms with Gasteiger partial charge in [-0.05, 0) is 36.9 Å². The molecule has 0 bridgehead atoms. The summed E-state index contributed by atoms with van der Waals surface area (Å²) < 4.78 is 16.2. The lowest BCUT2D eigenvalue weighted by atomic mass is 9.97. The molecule has 33 heavy (non-hydrogen) atoms. The summed E-state index contributed by atoms with van der Waals surface area (Å²) >= 11 is 0. The number of carbonyl (C=O) groups excluding carboxylic acids is 1. The van der Waals surface area contributed by atoms with E-state index in [1.807, 2.05) is 42.5 Å². The van der Waals surface area contributed by atoms with Crippen molar-refractivity contribution in [2.45, 2.75) is 12.5 Å². The molecule has 0 radical (unpaired) electrons. The minimum Gasteiger partial charge on any atom is -0.497 e. The minimum absolute atomic E-state index is 0.00264. The monoisotopic (exact) mass is 452 g/mol. The van der Waals surface area contributed by atoms with Crippen molar-refractivity contribution in [3.05, 3.63) is 53.6 Å². The van der Waals surface area contributed by atoms with Crippen molar-refractivity contribution in [2.24, 2.45) is 5.10 Å². The summed E-state index contributed by atoms with van der Waals surface area (Å²) in [6.45, 7) is 4.05. The molecule has 0 aliphatic carbocycles. The number of piperazine rings is 1. The number of likely N-dealkylation sites (N-methyl/N-ethyl adjacent to an activating group) is 1. The molecule has 1 saturated heterocycles. The van der Waals surface area contributed by atoms with Gasteiger partial charge in [-0.25, -0.2) is 5.01 Å². The lowest BCUT2D eigenvalue weighted by Gasteiger charge is -2.33. The van der Waals surface area contributed by atoms with E-state index in [1.165, 1.54) is 0 Å². The largest absolute Gasteiger partial charge is 0.497 e. The summed E-state index contributed by atoms with van der Waals surface area (Å²) in [6.07, 6.45) is 0.601. The second-order valence-corrected chi connectivity index (χ2v) is 8.42. The van der Waals surface area contributed by atoms with Crippen LogP contribution >= 0.6 is 0 Å². The van der Waals surface area contributed by atoms with Crippen LogP contribution in [0.25, 0.3) is 0 Å². The standard InChI is InChI=1S/C25H32N4O4/c1-27-11-13-28(14-12-27)17-25(30)29-23(18-5-7-19(31-2)8-6-18)16-22(26-29)21-10-9-20(32-3)15-24(21)33-4/h5-10,15,23H,11-14,16-17H2,1-4H3. The van der Waals surface area contributed by atoms with E-state index in [1.54, 1.807) is 26.3 Å². The second kappa shape index (κ2) is 10.2. The third-order valence-electron chi connectivity index (χ3n) is 6.34. The molecule has 8 nitrogen and oxygen atoms in total. The van der Waals surface area contributed by atoms with E-state index < -0.39 is 0 Å². The van der Waals surface area contributed by atoms with Crippen LogP contribution in [-0.2, 0) is 4.79 Å². The number of amides is 1. The lowest BCUT2D eigenvalue weighted by Crippen LogP contribution is -2.48. The van der Waals surface area contributed by atoms with E-state index >= 15 is 0 Å². The van der Waals surface area contributed by atoms with E-state index in [9.17, 15) is 4.79 Å². The zero-order valence-electron chi connectivity index (χ0n) is 19.8. The second-order valence-electron chi connectivity index (χ2n) is 8.42. The average molecular weight is 453 g/mol. The van der Waals surface area contributed by atoms with E-state index in [0.717, 1.165) is 48.8 Å². The molecule has 2 aliphatic rings. The summed E-state index contributed by atoms with van der Waals surface area (Å²) in [5.74, 6) is 2.17. The molecular weight excluding hydrogens is 420 g/mol. The number of hydrogen-bond donors (Lipinski definition) is 0. The highest BCUT2D eigenvalue weighted by Crippen LogP contribution is 2.36. The van der Waals surface area contributed by atoms with E-state index in [4.69, 9.17) is 19.3 Å². The quantitative estimate of drug-likeness (QED) is 0.644. The first-order chi connectivity index (χ1) is 16.0. The number of benzene rings is 2. The Bertz CT molecular complexity index is 1000. The summed E-state index contributed by atoms with van der Waals surface area (Å²) in [5.41, 5.74) is 2.71. The van der Waals surface area contributed by atoms with Gasteiger partial charge in [0.05, 0.1) is 39.6 Å². The highest BCUT2D eigenvalue weighted by molar-refractivity contribution is 6.05. The number of ether oxygens (including phenoxy) is 3. The number of rotatable bonds is 7. The maximum Gasteiger partial charge on any atom is 0.257 e. The lowest BCUT2D eigenvalue weighted by molar-refractivity contribution is -0.134. The number of methoxy groups -OCH3 is 3. The van der Waals surface area contributed by atoms with Crippen LogP contribution in [0.5, 0.6) is 17.2 Å². The molecule has 2 heterocycles. The Morgan fingerprint density at radius 2 is 1.61 bits per heavy atom. The number of hydrazone groups is 1. The van der Waals surface area contributed by atoms with Crippen LogP contribution in [0.1, 0.15) is 23.6 Å². The Hall–Kier alpha value is -3.10. The van der Waals surface area contributed by atoms with Crippen molar-refractivity contribution in [3.8, 4) is 17.2 Å². The molecule has 8 heteroatoms. The fraction of sp³-hybridized carbons (Fsp3) is 0.440. The molecule has 0 aromatic heterocycles. The summed E-state index contributed by atoms with van der Waals surface area (Å²) in [4.78, 5) is 17.9. The molecule has 0 saturated carbocycles. The van der Waals surface area contributed by atoms with Gasteiger partial charge in [0.15, 0.2) is 0 Å². The van der Waals surface area contributed by atoms with Crippen molar-refractivity contribution < 1.29 is 19.0 Å². The Morgan fingerprint density at radius 3 is 2.24 bits per heavy atom. The number of hydrogen-bond acceptors (Lipinski definition) is 7. The van der Waals surface area contributed by atoms with Gasteiger partial charge >= 0.3 is 0 Å². The molecule has 1 amide bonds. The van der Waals surface area contributed by atoms with Crippen LogP contribution in [0, 0.1) is 0 Å². The third-order valence-corrected chi connectivity index (χ3v) is 6.34. The molecule has 2 aromatic carbocycles. The smallest absolute Gasteiger partial charge is 0.257 e. The Balaban J connectivity index is 1.62. The molecule has 1 unspecified atom stereocenters. The first-order valence-electron chi connectivity index (χ1n) is 11.2. The van der Waals surface area contributed by atoms with Gasteiger partial charge in [0.2, 0.25) is 0 Å². The van der Waals surface area contributed by atoms with E-state index in [2.05, 4.69) is 16.8 Å². The van der Waals surface area contributed by atoms with Crippen molar-refractivity contribution >= 4 is 11.6 Å². The Morgan fingerprint density at radius 1 is 0.939 bits per heavy atom. The molecule has 4 rings (SSSR count). The summed E-state index contributed by atoms with van der Waals surface area (Å²) in [5, 5.41) is 6.47. The maximum absolute atomic E-state index is 13.4. The topological polar surface area (TPSA) is 66.8 Å². The van der Waals surface area contributed by atoms with Crippen LogP contribution in [0.4, 0.5) is 0 Å². The zero-order chi connectivity index (χ0) is 23.4. The fourth-order valence-electron chi connectivity index (χ4n) is 4.30. The number of nitrogens with zero attached hydrogens (tertiary/aromatic N) is 4. The van der Waals surface area contributed by atoms with Gasteiger partial charge in [-0.15, -0.1) is 0 Å². The van der Waals surface area contributed by atoms with Crippen molar-refractivity contribution in [3.63, 3.8) is 0 Å². The molecule has 1 fully saturated rings. The van der Waals surface area contributed by atoms with Gasteiger partial charge in [0.1, 0.15) is 17.2 Å². The fourth-order valence-corrected chi connectivity index (χ4v) is 4.30. The highest BCUT2D eigenvalue weighted by atomic mass is 16.5. The maximum atomic E-state index is 13.4. The van der Waals surface area contributed by atoms with Gasteiger partial charge in [0.25, 0.3) is 5.91 Å². The van der Waals surface area contributed by atoms with Gasteiger partial charge in [-0.2, -0.15) is 5.10 Å². The molecule has 1 atom stereocenters. The molecule has 2 aromatic rings. The van der Waals surface area contributed by atoms with Crippen molar-refractivity contribution in [1.29, 1.82) is 0 Å². The van der Waals surface area contributed by atoms with Gasteiger partial charge in [0, 0.05) is 44.2 Å². The van der Waals surface area contributed by atoms with Crippen LogP contribution in [0.2, 0.25) is 0 Å². The molecule has 0 spiro atoms. The van der Waals surface area contributed by atoms with Crippen LogP contribution in [-0.4, -0.2) is 87.5 Å². The first kappa shape index (κ1) is 23.1. The minimum atomic E-state index is -0.183. The number of carbonyl (C=O) groups is 1. The average Bonchev–Trinajstić information content (AvgIpc) is 3.30. The first-order valence-corrected chi connectivity index (χ1v) is 11.2. The van der Waals surface area contributed by atoms with Crippen molar-refractivity contribution in [1.82, 2.24) is 14.8 Å². The molecular formula is C25H32N4O4. The predicted octanol–water partition coefficient (Wildman–Crippen LogP) is 2.64. The van der Waals surface area contributed by atoms with Gasteiger partial charge in [-0.1, -0.05) is 12.1 Å². The van der Waals surface area contributed by atoms with Crippen molar-refractivity contribution in [2.75, 3.05) is 61.1 Å². The zero-order valence-corrected chi connectivity index (χ0v) is 19.8. The normalized spacial score (nSPS) is 19.3. The van der Waals surface area contributed by atoms with Gasteiger partial charge in [-0.3, -0.25) is 9.69 Å². The molecule has 2 aliphatic heterocycles. The van der Waals surface area contributed by atoms with Crippen LogP contribution in [0.3, 0.4) is 0 Å². The van der Waals surface area contributed by atoms with Gasteiger partial charge < -0.3 is 19.1 Å². The molecule has 0 N–H and O–H groups in total. The highest BCUT2D eigenvalue weighted by Gasteiger charge is 2.35.